The molecule has 1 aromatic carbocycles. The largest absolute Gasteiger partial charge is 0.352 e. The van der Waals surface area contributed by atoms with Gasteiger partial charge in [-0.15, -0.1) is 0 Å². The number of rotatable bonds is 3. The van der Waals surface area contributed by atoms with Gasteiger partial charge in [-0.1, -0.05) is 13.5 Å². The molecule has 4 heterocycles. The molecular weight excluding hydrogens is 352 g/mol. The predicted molar refractivity (Wildman–Crippen MR) is 110 cm³/mol. The van der Waals surface area contributed by atoms with Crippen molar-refractivity contribution in [2.45, 2.75) is 7.43 Å². The highest BCUT2D eigenvalue weighted by Crippen LogP contribution is 2.29. The van der Waals surface area contributed by atoms with Crippen molar-refractivity contribution in [2.75, 3.05) is 36.0 Å². The Hall–Kier alpha value is -3.55. The second-order valence-electron chi connectivity index (χ2n) is 6.44. The summed E-state index contributed by atoms with van der Waals surface area (Å²) in [7, 11) is 0. The second-order valence-corrected chi connectivity index (χ2v) is 6.44. The molecule has 5 rings (SSSR count). The normalized spacial score (nSPS) is 14.1. The number of nitrogens with zero attached hydrogens (tertiary/aromatic N) is 7. The van der Waals surface area contributed by atoms with Crippen LogP contribution in [0, 0.1) is 0 Å². The first kappa shape index (κ1) is 17.8. The molecule has 0 spiro atoms. The molecule has 4 aromatic rings. The average Bonchev–Trinajstić information content (AvgIpc) is 3.29. The van der Waals surface area contributed by atoms with Gasteiger partial charge in [0.25, 0.3) is 0 Å². The van der Waals surface area contributed by atoms with E-state index >= 15 is 0 Å². The molecule has 0 saturated carbocycles. The molecule has 1 fully saturated rings. The molecule has 1 aliphatic heterocycles. The molecule has 3 aromatic heterocycles. The van der Waals surface area contributed by atoms with E-state index in [2.05, 4.69) is 52.1 Å². The van der Waals surface area contributed by atoms with Gasteiger partial charge in [-0.2, -0.15) is 5.10 Å². The van der Waals surface area contributed by atoms with Crippen molar-refractivity contribution in [1.29, 1.82) is 0 Å². The van der Waals surface area contributed by atoms with Gasteiger partial charge >= 0.3 is 0 Å². The number of anilines is 2. The van der Waals surface area contributed by atoms with Crippen LogP contribution in [0.5, 0.6) is 0 Å². The first-order valence-corrected chi connectivity index (χ1v) is 8.89. The zero-order chi connectivity index (χ0) is 18.1. The minimum absolute atomic E-state index is 0. The van der Waals surface area contributed by atoms with Gasteiger partial charge in [0.1, 0.15) is 12.1 Å². The van der Waals surface area contributed by atoms with Gasteiger partial charge in [0.2, 0.25) is 5.95 Å². The van der Waals surface area contributed by atoms with Crippen molar-refractivity contribution in [3.05, 3.63) is 55.4 Å². The summed E-state index contributed by atoms with van der Waals surface area (Å²) in [5.41, 5.74) is 3.10. The maximum absolute atomic E-state index is 4.59. The molecule has 0 aliphatic carbocycles. The minimum Gasteiger partial charge on any atom is -0.352 e. The third-order valence-corrected chi connectivity index (χ3v) is 4.86. The van der Waals surface area contributed by atoms with Crippen LogP contribution in [0.25, 0.3) is 22.0 Å². The summed E-state index contributed by atoms with van der Waals surface area (Å²) >= 11 is 0. The quantitative estimate of drug-likeness (QED) is 0.590. The molecule has 142 valence electrons. The van der Waals surface area contributed by atoms with E-state index in [1.165, 1.54) is 0 Å². The lowest BCUT2D eigenvalue weighted by atomic mass is 10.1. The number of piperazine rings is 1. The Labute approximate surface area is 163 Å². The van der Waals surface area contributed by atoms with E-state index in [0.29, 0.717) is 0 Å². The van der Waals surface area contributed by atoms with Crippen LogP contribution < -0.4 is 9.80 Å². The Morgan fingerprint density at radius 3 is 2.39 bits per heavy atom. The van der Waals surface area contributed by atoms with E-state index in [-0.39, 0.29) is 7.43 Å². The molecule has 1 aliphatic rings. The van der Waals surface area contributed by atoms with Gasteiger partial charge < -0.3 is 9.80 Å². The first-order valence-electron chi connectivity index (χ1n) is 8.89. The van der Waals surface area contributed by atoms with Crippen molar-refractivity contribution in [3.8, 4) is 11.1 Å². The fraction of sp³-hybridized carbons (Fsp3) is 0.250. The predicted octanol–water partition coefficient (Wildman–Crippen LogP) is 2.77. The highest BCUT2D eigenvalue weighted by atomic mass is 15.3. The molecular formula is C20H22N8. The van der Waals surface area contributed by atoms with E-state index in [1.54, 1.807) is 18.7 Å². The van der Waals surface area contributed by atoms with Gasteiger partial charge in [0.15, 0.2) is 0 Å². The Kier molecular flexibility index (Phi) is 4.84. The molecule has 0 bridgehead atoms. The Bertz CT molecular complexity index is 1040. The molecule has 1 N–H and O–H groups in total. The number of aromatic amines is 1. The number of H-pyrrole nitrogens is 1. The highest BCUT2D eigenvalue weighted by Gasteiger charge is 2.21. The fourth-order valence-corrected chi connectivity index (χ4v) is 3.46. The summed E-state index contributed by atoms with van der Waals surface area (Å²) in [6.07, 6.45) is 8.92. The second kappa shape index (κ2) is 7.59. The molecule has 8 heteroatoms. The zero-order valence-electron chi connectivity index (χ0n) is 14.7. The van der Waals surface area contributed by atoms with Crippen LogP contribution in [0.15, 0.2) is 55.4 Å². The van der Waals surface area contributed by atoms with Crippen LogP contribution in [0.3, 0.4) is 0 Å². The Morgan fingerprint density at radius 2 is 1.64 bits per heavy atom. The van der Waals surface area contributed by atoms with E-state index in [0.717, 1.165) is 60.0 Å². The van der Waals surface area contributed by atoms with E-state index < -0.39 is 0 Å². The van der Waals surface area contributed by atoms with Crippen LogP contribution >= 0.6 is 0 Å². The fourth-order valence-electron chi connectivity index (χ4n) is 3.46. The Morgan fingerprint density at radius 1 is 0.857 bits per heavy atom. The lowest BCUT2D eigenvalue weighted by Crippen LogP contribution is -2.47. The molecule has 0 atom stereocenters. The lowest BCUT2D eigenvalue weighted by Gasteiger charge is -2.35. The summed E-state index contributed by atoms with van der Waals surface area (Å²) in [4.78, 5) is 22.2. The molecule has 0 amide bonds. The minimum atomic E-state index is 0. The monoisotopic (exact) mass is 374 g/mol. The van der Waals surface area contributed by atoms with Crippen LogP contribution in [-0.2, 0) is 0 Å². The summed E-state index contributed by atoms with van der Waals surface area (Å²) in [6.45, 7) is 3.44. The third kappa shape index (κ3) is 3.24. The smallest absolute Gasteiger partial charge is 0.225 e. The number of benzene rings is 1. The van der Waals surface area contributed by atoms with Gasteiger partial charge in [0, 0.05) is 55.7 Å². The SMILES string of the molecule is C.c1cnc(N2CCN(c3ncnc4ccc(-c5cn[nH]c5)cc34)CC2)nc1. The molecule has 1 saturated heterocycles. The van der Waals surface area contributed by atoms with Gasteiger partial charge in [-0.3, -0.25) is 5.10 Å². The van der Waals surface area contributed by atoms with Crippen molar-refractivity contribution in [2.24, 2.45) is 0 Å². The van der Waals surface area contributed by atoms with Gasteiger partial charge in [-0.05, 0) is 23.8 Å². The van der Waals surface area contributed by atoms with Gasteiger partial charge in [-0.25, -0.2) is 19.9 Å². The maximum Gasteiger partial charge on any atom is 0.225 e. The number of nitrogens with one attached hydrogen (secondary N) is 1. The summed E-state index contributed by atoms with van der Waals surface area (Å²) in [5, 5.41) is 7.97. The maximum atomic E-state index is 4.59. The third-order valence-electron chi connectivity index (χ3n) is 4.86. The van der Waals surface area contributed by atoms with Crippen LogP contribution in [0.2, 0.25) is 0 Å². The van der Waals surface area contributed by atoms with Crippen LogP contribution in [0.4, 0.5) is 11.8 Å². The molecule has 0 unspecified atom stereocenters. The summed E-state index contributed by atoms with van der Waals surface area (Å²) in [6, 6.07) is 8.08. The number of aromatic nitrogens is 6. The summed E-state index contributed by atoms with van der Waals surface area (Å²) in [5.74, 6) is 1.76. The molecule has 0 radical (unpaired) electrons. The molecule has 8 nitrogen and oxygen atoms in total. The Balaban J connectivity index is 0.00000192. The topological polar surface area (TPSA) is 86.7 Å². The van der Waals surface area contributed by atoms with Crippen molar-refractivity contribution in [1.82, 2.24) is 30.1 Å². The van der Waals surface area contributed by atoms with E-state index in [1.807, 2.05) is 24.5 Å². The molecule has 28 heavy (non-hydrogen) atoms. The van der Waals surface area contributed by atoms with Crippen LogP contribution in [-0.4, -0.2) is 56.3 Å². The number of hydrogen-bond donors (Lipinski definition) is 1. The van der Waals surface area contributed by atoms with E-state index in [4.69, 9.17) is 0 Å². The lowest BCUT2D eigenvalue weighted by molar-refractivity contribution is 0.636. The highest BCUT2D eigenvalue weighted by molar-refractivity contribution is 5.92. The van der Waals surface area contributed by atoms with E-state index in [9.17, 15) is 0 Å². The first-order chi connectivity index (χ1) is 13.4. The van der Waals surface area contributed by atoms with Crippen molar-refractivity contribution >= 4 is 22.7 Å². The van der Waals surface area contributed by atoms with Crippen LogP contribution in [0.1, 0.15) is 7.43 Å². The number of fused-ring (bicyclic) bond motifs is 1. The zero-order valence-corrected chi connectivity index (χ0v) is 14.7. The summed E-state index contributed by atoms with van der Waals surface area (Å²) < 4.78 is 0. The van der Waals surface area contributed by atoms with Gasteiger partial charge in [0.05, 0.1) is 11.7 Å². The average molecular weight is 374 g/mol. The van der Waals surface area contributed by atoms with Crippen molar-refractivity contribution < 1.29 is 0 Å². The standard InChI is InChI=1S/C19H18N8.CH4/c1-4-20-19(21-5-1)27-8-6-26(7-9-27)18-16-10-14(15-11-24-25-12-15)2-3-17(16)22-13-23-18;/h1-5,10-13H,6-9H2,(H,24,25);1H4. The number of hydrogen-bond acceptors (Lipinski definition) is 7. The van der Waals surface area contributed by atoms with Crippen molar-refractivity contribution in [3.63, 3.8) is 0 Å².